The van der Waals surface area contributed by atoms with Crippen molar-refractivity contribution in [3.8, 4) is 0 Å². The number of aromatic nitrogens is 2. The molecule has 2 aromatic heterocycles. The quantitative estimate of drug-likeness (QED) is 0.799. The summed E-state index contributed by atoms with van der Waals surface area (Å²) in [7, 11) is 0. The highest BCUT2D eigenvalue weighted by Crippen LogP contribution is 2.20. The van der Waals surface area contributed by atoms with Crippen LogP contribution in [0.1, 0.15) is 20.9 Å². The fraction of sp³-hybridized carbons (Fsp3) is 0.333. The van der Waals surface area contributed by atoms with E-state index in [1.54, 1.807) is 23.6 Å². The van der Waals surface area contributed by atoms with Crippen molar-refractivity contribution in [1.82, 2.24) is 9.78 Å². The molecule has 0 aromatic carbocycles. The Morgan fingerprint density at radius 2 is 2.06 bits per heavy atom. The minimum atomic E-state index is -0.0387. The maximum absolute atomic E-state index is 11.7. The van der Waals surface area contributed by atoms with Crippen LogP contribution in [0, 0.1) is 20.8 Å². The van der Waals surface area contributed by atoms with Gasteiger partial charge in [-0.3, -0.25) is 4.79 Å². The van der Waals surface area contributed by atoms with Crippen molar-refractivity contribution in [1.29, 1.82) is 0 Å². The van der Waals surface area contributed by atoms with Crippen LogP contribution in [0.15, 0.2) is 23.1 Å². The molecule has 0 bridgehead atoms. The molecule has 2 heterocycles. The highest BCUT2D eigenvalue weighted by atomic mass is 32.1. The monoisotopic (exact) mass is 234 g/mol. The third-order valence-corrected chi connectivity index (χ3v) is 3.48. The largest absolute Gasteiger partial charge is 0.268 e. The molecule has 0 N–H and O–H groups in total. The molecule has 0 saturated carbocycles. The highest BCUT2D eigenvalue weighted by Gasteiger charge is 2.05. The van der Waals surface area contributed by atoms with Crippen molar-refractivity contribution in [3.05, 3.63) is 49.6 Å². The summed E-state index contributed by atoms with van der Waals surface area (Å²) >= 11 is 1.75. The average molecular weight is 234 g/mol. The zero-order chi connectivity index (χ0) is 11.7. The van der Waals surface area contributed by atoms with Gasteiger partial charge in [-0.1, -0.05) is 0 Å². The second-order valence-electron chi connectivity index (χ2n) is 3.97. The van der Waals surface area contributed by atoms with E-state index in [0.717, 1.165) is 5.56 Å². The number of hydrogen-bond acceptors (Lipinski definition) is 3. The van der Waals surface area contributed by atoms with E-state index in [2.05, 4.69) is 25.0 Å². The third-order valence-electron chi connectivity index (χ3n) is 2.47. The van der Waals surface area contributed by atoms with Gasteiger partial charge in [0.05, 0.1) is 12.7 Å². The second kappa shape index (κ2) is 4.22. The molecule has 4 heteroatoms. The van der Waals surface area contributed by atoms with Gasteiger partial charge >= 0.3 is 0 Å². The van der Waals surface area contributed by atoms with Gasteiger partial charge in [0.25, 0.3) is 5.56 Å². The Bertz CT molecular complexity index is 569. The molecule has 16 heavy (non-hydrogen) atoms. The van der Waals surface area contributed by atoms with Crippen LogP contribution in [-0.2, 0) is 6.54 Å². The minimum Gasteiger partial charge on any atom is -0.268 e. The zero-order valence-corrected chi connectivity index (χ0v) is 10.5. The zero-order valence-electron chi connectivity index (χ0n) is 9.65. The number of hydrogen-bond donors (Lipinski definition) is 0. The lowest BCUT2D eigenvalue weighted by molar-refractivity contribution is 0.635. The van der Waals surface area contributed by atoms with Gasteiger partial charge in [0.1, 0.15) is 0 Å². The van der Waals surface area contributed by atoms with E-state index in [1.807, 2.05) is 6.92 Å². The van der Waals surface area contributed by atoms with E-state index >= 15 is 0 Å². The van der Waals surface area contributed by atoms with Gasteiger partial charge < -0.3 is 0 Å². The summed E-state index contributed by atoms with van der Waals surface area (Å²) in [6.07, 6.45) is 1.72. The van der Waals surface area contributed by atoms with Crippen LogP contribution in [0.5, 0.6) is 0 Å². The van der Waals surface area contributed by atoms with Crippen molar-refractivity contribution in [3.63, 3.8) is 0 Å². The number of thiophene rings is 1. The summed E-state index contributed by atoms with van der Waals surface area (Å²) in [6.45, 7) is 6.59. The summed E-state index contributed by atoms with van der Waals surface area (Å²) in [5.74, 6) is 0. The Morgan fingerprint density at radius 1 is 1.31 bits per heavy atom. The molecule has 3 nitrogen and oxygen atoms in total. The van der Waals surface area contributed by atoms with Crippen molar-refractivity contribution in [2.75, 3.05) is 0 Å². The first-order valence-electron chi connectivity index (χ1n) is 5.16. The number of aryl methyl sites for hydroxylation is 3. The van der Waals surface area contributed by atoms with E-state index in [1.165, 1.54) is 20.0 Å². The topological polar surface area (TPSA) is 34.9 Å². The Labute approximate surface area is 98.4 Å². The summed E-state index contributed by atoms with van der Waals surface area (Å²) < 4.78 is 1.50. The normalized spacial score (nSPS) is 10.7. The Kier molecular flexibility index (Phi) is 2.92. The third kappa shape index (κ3) is 2.22. The summed E-state index contributed by atoms with van der Waals surface area (Å²) in [4.78, 5) is 14.2. The van der Waals surface area contributed by atoms with Crippen molar-refractivity contribution >= 4 is 11.3 Å². The van der Waals surface area contributed by atoms with Gasteiger partial charge in [-0.2, -0.15) is 5.10 Å². The summed E-state index contributed by atoms with van der Waals surface area (Å²) in [5.41, 5.74) is 2.05. The van der Waals surface area contributed by atoms with Crippen molar-refractivity contribution in [2.24, 2.45) is 0 Å². The smallest absolute Gasteiger partial charge is 0.267 e. The summed E-state index contributed by atoms with van der Waals surface area (Å²) in [6, 6.07) is 3.73. The van der Waals surface area contributed by atoms with E-state index in [9.17, 15) is 4.79 Å². The van der Waals surface area contributed by atoms with Gasteiger partial charge in [-0.25, -0.2) is 4.68 Å². The van der Waals surface area contributed by atoms with Crippen LogP contribution in [0.25, 0.3) is 0 Å². The van der Waals surface area contributed by atoms with Crippen molar-refractivity contribution in [2.45, 2.75) is 27.3 Å². The number of nitrogens with zero attached hydrogens (tertiary/aromatic N) is 2. The first kappa shape index (κ1) is 11.1. The molecule has 0 radical (unpaired) electrons. The molecule has 0 amide bonds. The van der Waals surface area contributed by atoms with Crippen LogP contribution >= 0.6 is 11.3 Å². The summed E-state index contributed by atoms with van der Waals surface area (Å²) in [5, 5.41) is 4.13. The Morgan fingerprint density at radius 3 is 2.62 bits per heavy atom. The maximum atomic E-state index is 11.7. The fourth-order valence-electron chi connectivity index (χ4n) is 1.64. The SMILES string of the molecule is Cc1cnn(Cc2cc(C)sc2C)c(=O)c1. The van der Waals surface area contributed by atoms with Gasteiger partial charge in [0, 0.05) is 15.8 Å². The first-order chi connectivity index (χ1) is 7.56. The molecule has 0 aliphatic carbocycles. The van der Waals surface area contributed by atoms with Crippen LogP contribution in [-0.4, -0.2) is 9.78 Å². The lowest BCUT2D eigenvalue weighted by atomic mass is 10.2. The van der Waals surface area contributed by atoms with Gasteiger partial charge in [-0.15, -0.1) is 11.3 Å². The molecule has 0 fully saturated rings. The van der Waals surface area contributed by atoms with Crippen LogP contribution < -0.4 is 5.56 Å². The Balaban J connectivity index is 2.34. The van der Waals surface area contributed by atoms with Crippen LogP contribution in [0.4, 0.5) is 0 Å². The highest BCUT2D eigenvalue weighted by molar-refractivity contribution is 7.12. The molecule has 0 atom stereocenters. The molecule has 0 unspecified atom stereocenters. The standard InChI is InChI=1S/C12H14N2OS/c1-8-4-12(15)14(13-6-8)7-11-5-9(2)16-10(11)3/h4-6H,7H2,1-3H3. The average Bonchev–Trinajstić information content (AvgIpc) is 2.50. The minimum absolute atomic E-state index is 0.0387. The van der Waals surface area contributed by atoms with Gasteiger partial charge in [0.2, 0.25) is 0 Å². The molecule has 2 aromatic rings. The van der Waals surface area contributed by atoms with Crippen LogP contribution in [0.3, 0.4) is 0 Å². The predicted molar refractivity (Wildman–Crippen MR) is 66.1 cm³/mol. The molecule has 0 saturated heterocycles. The molecule has 0 aliphatic rings. The molecule has 2 rings (SSSR count). The second-order valence-corrected chi connectivity index (χ2v) is 5.43. The maximum Gasteiger partial charge on any atom is 0.267 e. The number of rotatable bonds is 2. The van der Waals surface area contributed by atoms with Crippen LogP contribution in [0.2, 0.25) is 0 Å². The Hall–Kier alpha value is -1.42. The first-order valence-corrected chi connectivity index (χ1v) is 5.97. The molecule has 0 spiro atoms. The van der Waals surface area contributed by atoms with E-state index in [4.69, 9.17) is 0 Å². The lowest BCUT2D eigenvalue weighted by Gasteiger charge is -2.03. The van der Waals surface area contributed by atoms with Gasteiger partial charge in [-0.05, 0) is 38.0 Å². The lowest BCUT2D eigenvalue weighted by Crippen LogP contribution is -2.22. The van der Waals surface area contributed by atoms with E-state index in [0.29, 0.717) is 6.54 Å². The molecular weight excluding hydrogens is 220 g/mol. The van der Waals surface area contributed by atoms with E-state index < -0.39 is 0 Å². The molecule has 0 aliphatic heterocycles. The van der Waals surface area contributed by atoms with Gasteiger partial charge in [0.15, 0.2) is 0 Å². The molecular formula is C12H14N2OS. The van der Waals surface area contributed by atoms with Crippen molar-refractivity contribution < 1.29 is 0 Å². The molecule has 84 valence electrons. The van der Waals surface area contributed by atoms with E-state index in [-0.39, 0.29) is 5.56 Å². The fourth-order valence-corrected chi connectivity index (χ4v) is 2.58. The predicted octanol–water partition coefficient (Wildman–Crippen LogP) is 2.28.